The van der Waals surface area contributed by atoms with E-state index in [-0.39, 0.29) is 5.41 Å². The van der Waals surface area contributed by atoms with Crippen molar-refractivity contribution in [1.82, 2.24) is 10.4 Å². The Labute approximate surface area is 116 Å². The zero-order valence-electron chi connectivity index (χ0n) is 11.7. The van der Waals surface area contributed by atoms with Crippen LogP contribution in [0.3, 0.4) is 0 Å². The fourth-order valence-corrected chi connectivity index (χ4v) is 2.36. The summed E-state index contributed by atoms with van der Waals surface area (Å²) < 4.78 is 0. The maximum atomic E-state index is 11.0. The Kier molecular flexibility index (Phi) is 4.41. The Bertz CT molecular complexity index is 540. The normalized spacial score (nSPS) is 12.4. The third-order valence-electron chi connectivity index (χ3n) is 2.32. The largest absolute Gasteiger partial charge is 0.361 e. The van der Waals surface area contributed by atoms with E-state index >= 15 is 0 Å². The van der Waals surface area contributed by atoms with Crippen molar-refractivity contribution < 1.29 is 9.59 Å². The molecule has 19 heavy (non-hydrogen) atoms. The number of nitrogens with one attached hydrogen (secondary N) is 1. The highest BCUT2D eigenvalue weighted by molar-refractivity contribution is 7.14. The number of amides is 2. The highest BCUT2D eigenvalue weighted by atomic mass is 32.1. The molecule has 104 valence electrons. The molecule has 0 aliphatic heterocycles. The van der Waals surface area contributed by atoms with Crippen molar-refractivity contribution >= 4 is 28.9 Å². The van der Waals surface area contributed by atoms with Gasteiger partial charge in [-0.15, -0.1) is 11.3 Å². The van der Waals surface area contributed by atoms with Crippen molar-refractivity contribution in [2.45, 2.75) is 40.0 Å². The number of nitrogens with two attached hydrogens (primary N) is 1. The maximum absolute atomic E-state index is 11.0. The lowest BCUT2D eigenvalue weighted by atomic mass is 9.98. The minimum atomic E-state index is -1.06. The van der Waals surface area contributed by atoms with Crippen molar-refractivity contribution in [3.8, 4) is 0 Å². The Morgan fingerprint density at radius 1 is 1.37 bits per heavy atom. The molecule has 1 rings (SSSR count). The molecule has 0 aromatic carbocycles. The molecule has 0 radical (unpaired) electrons. The van der Waals surface area contributed by atoms with Crippen molar-refractivity contribution in [3.63, 3.8) is 0 Å². The number of hydrogen-bond donors (Lipinski definition) is 2. The van der Waals surface area contributed by atoms with Crippen LogP contribution in [0, 0.1) is 6.92 Å². The van der Waals surface area contributed by atoms with Crippen molar-refractivity contribution in [2.24, 2.45) is 10.8 Å². The number of nitrogens with zero attached hydrogens (tertiary/aromatic N) is 2. The van der Waals surface area contributed by atoms with E-state index in [1.807, 2.05) is 6.92 Å². The Balaban J connectivity index is 2.97. The number of hydrogen-bond acceptors (Lipinski definition) is 5. The molecule has 0 saturated heterocycles. The van der Waals surface area contributed by atoms with Gasteiger partial charge in [0.05, 0.1) is 21.3 Å². The third-order valence-corrected chi connectivity index (χ3v) is 4.01. The maximum Gasteiger partial charge on any atom is 0.329 e. The molecule has 3 N–H and O–H groups in total. The lowest BCUT2D eigenvalue weighted by Gasteiger charge is -2.13. The summed E-state index contributed by atoms with van der Waals surface area (Å²) >= 11 is 1.53. The summed E-state index contributed by atoms with van der Waals surface area (Å²) in [5.74, 6) is -1.99. The molecule has 7 heteroatoms. The third kappa shape index (κ3) is 3.85. The SMILES string of the molecule is C/C(=N\NC(=O)C(N)=O)c1sc(C(C)(C)C)nc1C. The average Bonchev–Trinajstić information content (AvgIpc) is 2.67. The molecule has 0 aliphatic carbocycles. The van der Waals surface area contributed by atoms with Gasteiger partial charge in [-0.1, -0.05) is 20.8 Å². The summed E-state index contributed by atoms with van der Waals surface area (Å²) in [7, 11) is 0. The topological polar surface area (TPSA) is 97.4 Å². The van der Waals surface area contributed by atoms with Gasteiger partial charge >= 0.3 is 11.8 Å². The minimum absolute atomic E-state index is 0.0373. The summed E-state index contributed by atoms with van der Waals surface area (Å²) in [4.78, 5) is 27.0. The number of thiazole rings is 1. The zero-order valence-corrected chi connectivity index (χ0v) is 12.5. The van der Waals surface area contributed by atoms with Crippen LogP contribution in [0.25, 0.3) is 0 Å². The molecular formula is C12H18N4O2S. The zero-order chi connectivity index (χ0) is 14.8. The second-order valence-electron chi connectivity index (χ2n) is 5.19. The average molecular weight is 282 g/mol. The lowest BCUT2D eigenvalue weighted by molar-refractivity contribution is -0.137. The first kappa shape index (κ1) is 15.3. The summed E-state index contributed by atoms with van der Waals surface area (Å²) in [5.41, 5.74) is 8.34. The molecule has 0 saturated carbocycles. The smallest absolute Gasteiger partial charge is 0.329 e. The van der Waals surface area contributed by atoms with Crippen LogP contribution in [-0.2, 0) is 15.0 Å². The van der Waals surface area contributed by atoms with Crippen LogP contribution in [0.15, 0.2) is 5.10 Å². The fraction of sp³-hybridized carbons (Fsp3) is 0.500. The van der Waals surface area contributed by atoms with Gasteiger partial charge in [0, 0.05) is 5.41 Å². The summed E-state index contributed by atoms with van der Waals surface area (Å²) in [6.07, 6.45) is 0. The first-order chi connectivity index (χ1) is 8.62. The van der Waals surface area contributed by atoms with Crippen LogP contribution >= 0.6 is 11.3 Å². The second kappa shape index (κ2) is 5.48. The van der Waals surface area contributed by atoms with Crippen LogP contribution in [0.5, 0.6) is 0 Å². The van der Waals surface area contributed by atoms with Gasteiger partial charge in [-0.25, -0.2) is 10.4 Å². The van der Waals surface area contributed by atoms with E-state index in [1.165, 1.54) is 11.3 Å². The number of carbonyl (C=O) groups excluding carboxylic acids is 2. The van der Waals surface area contributed by atoms with Crippen molar-refractivity contribution in [2.75, 3.05) is 0 Å². The van der Waals surface area contributed by atoms with Gasteiger partial charge < -0.3 is 5.73 Å². The van der Waals surface area contributed by atoms with Gasteiger partial charge in [0.15, 0.2) is 0 Å². The van der Waals surface area contributed by atoms with E-state index < -0.39 is 11.8 Å². The first-order valence-corrected chi connectivity index (χ1v) is 6.57. The van der Waals surface area contributed by atoms with E-state index in [1.54, 1.807) is 6.92 Å². The van der Waals surface area contributed by atoms with E-state index in [2.05, 4.69) is 36.3 Å². The van der Waals surface area contributed by atoms with Crippen LogP contribution in [0.1, 0.15) is 43.3 Å². The van der Waals surface area contributed by atoms with E-state index in [0.29, 0.717) is 5.71 Å². The van der Waals surface area contributed by atoms with Gasteiger partial charge in [0.25, 0.3) is 0 Å². The predicted molar refractivity (Wildman–Crippen MR) is 75.1 cm³/mol. The summed E-state index contributed by atoms with van der Waals surface area (Å²) in [6, 6.07) is 0. The van der Waals surface area contributed by atoms with E-state index in [0.717, 1.165) is 15.6 Å². The molecule has 2 amide bonds. The van der Waals surface area contributed by atoms with Gasteiger partial charge in [-0.3, -0.25) is 9.59 Å². The Hall–Kier alpha value is -1.76. The summed E-state index contributed by atoms with van der Waals surface area (Å²) in [6.45, 7) is 9.87. The number of primary amides is 1. The van der Waals surface area contributed by atoms with Gasteiger partial charge in [0.1, 0.15) is 0 Å². The van der Waals surface area contributed by atoms with Crippen molar-refractivity contribution in [3.05, 3.63) is 15.6 Å². The van der Waals surface area contributed by atoms with Crippen LogP contribution in [0.2, 0.25) is 0 Å². The molecule has 1 heterocycles. The summed E-state index contributed by atoms with van der Waals surface area (Å²) in [5, 5.41) is 4.85. The Morgan fingerprint density at radius 2 is 1.95 bits per heavy atom. The van der Waals surface area contributed by atoms with Crippen molar-refractivity contribution in [1.29, 1.82) is 0 Å². The number of aromatic nitrogens is 1. The fourth-order valence-electron chi connectivity index (χ4n) is 1.29. The molecule has 0 spiro atoms. The highest BCUT2D eigenvalue weighted by Crippen LogP contribution is 2.29. The van der Waals surface area contributed by atoms with Crippen LogP contribution in [0.4, 0.5) is 0 Å². The predicted octanol–water partition coefficient (Wildman–Crippen LogP) is 1.07. The number of aryl methyl sites for hydroxylation is 1. The molecule has 0 unspecified atom stereocenters. The molecular weight excluding hydrogens is 264 g/mol. The molecule has 0 fully saturated rings. The molecule has 1 aromatic heterocycles. The van der Waals surface area contributed by atoms with Gasteiger partial charge in [-0.2, -0.15) is 5.10 Å². The van der Waals surface area contributed by atoms with Gasteiger partial charge in [0.2, 0.25) is 0 Å². The lowest BCUT2D eigenvalue weighted by Crippen LogP contribution is -2.33. The second-order valence-corrected chi connectivity index (χ2v) is 6.19. The minimum Gasteiger partial charge on any atom is -0.361 e. The molecule has 0 atom stereocenters. The van der Waals surface area contributed by atoms with Crippen LogP contribution < -0.4 is 11.2 Å². The number of carbonyl (C=O) groups is 2. The van der Waals surface area contributed by atoms with Gasteiger partial charge in [-0.05, 0) is 13.8 Å². The quantitative estimate of drug-likeness (QED) is 0.482. The standard InChI is InChI=1S/C12H18N4O2S/c1-6-8(19-11(14-6)12(3,4)5)7(2)15-16-10(18)9(13)17/h1-5H3,(H2,13,17)(H,16,18)/b15-7+. The molecule has 0 aliphatic rings. The molecule has 6 nitrogen and oxygen atoms in total. The number of hydrazone groups is 1. The Morgan fingerprint density at radius 3 is 2.37 bits per heavy atom. The monoisotopic (exact) mass is 282 g/mol. The first-order valence-electron chi connectivity index (χ1n) is 5.75. The molecule has 0 bridgehead atoms. The molecule has 1 aromatic rings. The number of rotatable bonds is 2. The van der Waals surface area contributed by atoms with Crippen LogP contribution in [-0.4, -0.2) is 22.5 Å². The van der Waals surface area contributed by atoms with E-state index in [9.17, 15) is 9.59 Å². The highest BCUT2D eigenvalue weighted by Gasteiger charge is 2.21. The van der Waals surface area contributed by atoms with E-state index in [4.69, 9.17) is 5.73 Å².